The lowest BCUT2D eigenvalue weighted by Crippen LogP contribution is -1.92. The molecule has 0 aliphatic carbocycles. The monoisotopic (exact) mass is 286 g/mol. The van der Waals surface area contributed by atoms with Crippen LogP contribution in [0.4, 0.5) is 0 Å². The minimum absolute atomic E-state index is 0.747. The van der Waals surface area contributed by atoms with E-state index in [0.717, 1.165) is 22.7 Å². The molecule has 0 saturated heterocycles. The molecule has 4 aromatic rings. The van der Waals surface area contributed by atoms with Crippen LogP contribution in [0.5, 0.6) is 0 Å². The molecule has 0 aromatic carbocycles. The van der Waals surface area contributed by atoms with Crippen molar-refractivity contribution in [3.63, 3.8) is 0 Å². The Morgan fingerprint density at radius 1 is 0.909 bits per heavy atom. The molecule has 6 heteroatoms. The quantitative estimate of drug-likeness (QED) is 0.501. The van der Waals surface area contributed by atoms with E-state index in [0.29, 0.717) is 0 Å². The molecule has 0 fully saturated rings. The zero-order chi connectivity index (χ0) is 14.8. The van der Waals surface area contributed by atoms with Gasteiger partial charge in [0.05, 0.1) is 18.1 Å². The van der Waals surface area contributed by atoms with Crippen molar-refractivity contribution in [3.05, 3.63) is 66.5 Å². The summed E-state index contributed by atoms with van der Waals surface area (Å²) in [4.78, 5) is 8.50. The van der Waals surface area contributed by atoms with Crippen LogP contribution in [-0.4, -0.2) is 29.2 Å². The summed E-state index contributed by atoms with van der Waals surface area (Å²) >= 11 is 0. The fourth-order valence-electron chi connectivity index (χ4n) is 2.12. The lowest BCUT2D eigenvalue weighted by atomic mass is 10.4. The molecule has 0 spiro atoms. The van der Waals surface area contributed by atoms with Crippen molar-refractivity contribution in [1.82, 2.24) is 29.2 Å². The molecule has 22 heavy (non-hydrogen) atoms. The van der Waals surface area contributed by atoms with Gasteiger partial charge in [-0.2, -0.15) is 10.2 Å². The lowest BCUT2D eigenvalue weighted by molar-refractivity contribution is 0.923. The first kappa shape index (κ1) is 12.3. The molecular formula is C16H10N6. The first-order valence-corrected chi connectivity index (χ1v) is 6.67. The van der Waals surface area contributed by atoms with Gasteiger partial charge in [-0.25, -0.2) is 19.0 Å². The van der Waals surface area contributed by atoms with Crippen LogP contribution in [0.15, 0.2) is 55.1 Å². The first-order chi connectivity index (χ1) is 10.9. The Morgan fingerprint density at radius 2 is 1.64 bits per heavy atom. The summed E-state index contributed by atoms with van der Waals surface area (Å²) in [5.74, 6) is 6.01. The fraction of sp³-hybridized carbons (Fsp3) is 0. The van der Waals surface area contributed by atoms with Crippen molar-refractivity contribution in [1.29, 1.82) is 0 Å². The van der Waals surface area contributed by atoms with E-state index in [1.54, 1.807) is 39.9 Å². The number of imidazole rings is 2. The van der Waals surface area contributed by atoms with Gasteiger partial charge in [-0.1, -0.05) is 5.92 Å². The highest BCUT2D eigenvalue weighted by molar-refractivity contribution is 5.54. The third-order valence-electron chi connectivity index (χ3n) is 3.12. The maximum atomic E-state index is 4.27. The smallest absolute Gasteiger partial charge is 0.154 e. The Bertz CT molecular complexity index is 1040. The van der Waals surface area contributed by atoms with Crippen LogP contribution in [0.2, 0.25) is 0 Å². The van der Waals surface area contributed by atoms with E-state index >= 15 is 0 Å². The number of hydrogen-bond acceptors (Lipinski definition) is 4. The molecule has 4 aromatic heterocycles. The van der Waals surface area contributed by atoms with Crippen LogP contribution >= 0.6 is 0 Å². The second-order valence-corrected chi connectivity index (χ2v) is 4.52. The van der Waals surface area contributed by atoms with E-state index in [-0.39, 0.29) is 0 Å². The van der Waals surface area contributed by atoms with E-state index < -0.39 is 0 Å². The third-order valence-corrected chi connectivity index (χ3v) is 3.12. The van der Waals surface area contributed by atoms with Crippen LogP contribution < -0.4 is 0 Å². The van der Waals surface area contributed by atoms with Gasteiger partial charge < -0.3 is 0 Å². The summed E-state index contributed by atoms with van der Waals surface area (Å²) in [5, 5.41) is 8.46. The second-order valence-electron chi connectivity index (χ2n) is 4.52. The predicted octanol–water partition coefficient (Wildman–Crippen LogP) is 1.84. The molecule has 0 saturated carbocycles. The van der Waals surface area contributed by atoms with E-state index in [2.05, 4.69) is 32.0 Å². The minimum atomic E-state index is 0.747. The van der Waals surface area contributed by atoms with Gasteiger partial charge in [-0.15, -0.1) is 0 Å². The number of aromatic nitrogens is 6. The van der Waals surface area contributed by atoms with E-state index in [1.165, 1.54) is 0 Å². The van der Waals surface area contributed by atoms with Crippen molar-refractivity contribution in [2.24, 2.45) is 0 Å². The Labute approximate surface area is 125 Å². The molecule has 0 unspecified atom stereocenters. The molecule has 4 rings (SSSR count). The van der Waals surface area contributed by atoms with Crippen LogP contribution in [0.3, 0.4) is 0 Å². The van der Waals surface area contributed by atoms with Crippen LogP contribution in [0, 0.1) is 11.8 Å². The summed E-state index contributed by atoms with van der Waals surface area (Å²) in [6, 6.07) is 7.49. The maximum Gasteiger partial charge on any atom is 0.154 e. The Balaban J connectivity index is 1.63. The average Bonchev–Trinajstić information content (AvgIpc) is 3.16. The number of nitrogens with zero attached hydrogens (tertiary/aromatic N) is 6. The molecule has 0 N–H and O–H groups in total. The largest absolute Gasteiger partial charge is 0.235 e. The van der Waals surface area contributed by atoms with Crippen molar-refractivity contribution in [2.75, 3.05) is 0 Å². The highest BCUT2D eigenvalue weighted by Gasteiger charge is 1.99. The summed E-state index contributed by atoms with van der Waals surface area (Å²) < 4.78 is 3.46. The highest BCUT2D eigenvalue weighted by Crippen LogP contribution is 2.05. The zero-order valence-corrected chi connectivity index (χ0v) is 11.5. The normalized spacial score (nSPS) is 11.1. The molecule has 0 aliphatic rings. The number of fused-ring (bicyclic) bond motifs is 2. The van der Waals surface area contributed by atoms with Crippen molar-refractivity contribution >= 4 is 17.4 Å². The summed E-state index contributed by atoms with van der Waals surface area (Å²) in [6.45, 7) is 0. The standard InChI is InChI=1S/C16H10N6/c1(5-13-11-17-15-7-3-9-19-21(13)15)2-6-14-12-18-16-8-4-10-20-22(14)16/h1,3-5,7-12H. The Morgan fingerprint density at radius 3 is 2.50 bits per heavy atom. The lowest BCUT2D eigenvalue weighted by Gasteiger charge is -1.92. The summed E-state index contributed by atoms with van der Waals surface area (Å²) in [7, 11) is 0. The van der Waals surface area contributed by atoms with E-state index in [9.17, 15) is 0 Å². The van der Waals surface area contributed by atoms with Gasteiger partial charge in [-0.05, 0) is 42.3 Å². The second kappa shape index (κ2) is 5.14. The number of hydrogen-bond donors (Lipinski definition) is 0. The van der Waals surface area contributed by atoms with Gasteiger partial charge in [0, 0.05) is 12.4 Å². The van der Waals surface area contributed by atoms with Crippen LogP contribution in [0.25, 0.3) is 17.4 Å². The number of allylic oxidation sites excluding steroid dienone is 1. The molecule has 104 valence electrons. The molecule has 0 amide bonds. The average molecular weight is 286 g/mol. The summed E-state index contributed by atoms with van der Waals surface area (Å²) in [5.41, 5.74) is 3.21. The first-order valence-electron chi connectivity index (χ1n) is 6.67. The molecular weight excluding hydrogens is 276 g/mol. The third kappa shape index (κ3) is 2.11. The fourth-order valence-corrected chi connectivity index (χ4v) is 2.12. The van der Waals surface area contributed by atoms with Crippen molar-refractivity contribution in [2.45, 2.75) is 0 Å². The van der Waals surface area contributed by atoms with Gasteiger partial charge in [0.25, 0.3) is 0 Å². The van der Waals surface area contributed by atoms with Crippen LogP contribution in [0.1, 0.15) is 11.4 Å². The molecule has 6 nitrogen and oxygen atoms in total. The topological polar surface area (TPSA) is 60.4 Å². The summed E-state index contributed by atoms with van der Waals surface area (Å²) in [6.07, 6.45) is 10.5. The van der Waals surface area contributed by atoms with Crippen molar-refractivity contribution < 1.29 is 0 Å². The number of rotatable bonds is 1. The maximum absolute atomic E-state index is 4.27. The molecule has 4 heterocycles. The molecule has 0 aliphatic heterocycles. The van der Waals surface area contributed by atoms with Gasteiger partial charge in [0.2, 0.25) is 0 Å². The minimum Gasteiger partial charge on any atom is -0.235 e. The molecule has 0 atom stereocenters. The highest BCUT2D eigenvalue weighted by atomic mass is 15.3. The van der Waals surface area contributed by atoms with Gasteiger partial charge >= 0.3 is 0 Å². The predicted molar refractivity (Wildman–Crippen MR) is 81.9 cm³/mol. The SMILES string of the molecule is C(#Cc1cnc2cccnn12)C=Cc1cnc2cccnn12. The Hall–Kier alpha value is -3.46. The van der Waals surface area contributed by atoms with E-state index in [1.807, 2.05) is 30.3 Å². The van der Waals surface area contributed by atoms with E-state index in [4.69, 9.17) is 0 Å². The van der Waals surface area contributed by atoms with Crippen molar-refractivity contribution in [3.8, 4) is 11.8 Å². The van der Waals surface area contributed by atoms with Gasteiger partial charge in [-0.3, -0.25) is 0 Å². The van der Waals surface area contributed by atoms with Gasteiger partial charge in [0.1, 0.15) is 5.69 Å². The van der Waals surface area contributed by atoms with Gasteiger partial charge in [0.15, 0.2) is 11.3 Å². The molecule has 0 radical (unpaired) electrons. The Kier molecular flexibility index (Phi) is 2.87. The zero-order valence-electron chi connectivity index (χ0n) is 11.5. The van der Waals surface area contributed by atoms with Crippen LogP contribution in [-0.2, 0) is 0 Å². The molecule has 0 bridgehead atoms.